The Labute approximate surface area is 123 Å². The van der Waals surface area contributed by atoms with E-state index in [4.69, 9.17) is 9.47 Å². The molecule has 0 radical (unpaired) electrons. The van der Waals surface area contributed by atoms with E-state index in [0.717, 1.165) is 22.8 Å². The number of hydrogen-bond acceptors (Lipinski definition) is 2. The summed E-state index contributed by atoms with van der Waals surface area (Å²) in [4.78, 5) is 0. The molecule has 2 heteroatoms. The third-order valence-corrected chi connectivity index (χ3v) is 3.60. The van der Waals surface area contributed by atoms with Crippen molar-refractivity contribution in [2.24, 2.45) is 0 Å². The van der Waals surface area contributed by atoms with Gasteiger partial charge in [-0.1, -0.05) is 54.6 Å². The molecule has 0 amide bonds. The molecule has 3 aromatic rings. The van der Waals surface area contributed by atoms with Crippen molar-refractivity contribution in [1.82, 2.24) is 0 Å². The van der Waals surface area contributed by atoms with Crippen LogP contribution in [0.3, 0.4) is 0 Å². The third-order valence-electron chi connectivity index (χ3n) is 3.60. The molecule has 0 aromatic heterocycles. The summed E-state index contributed by atoms with van der Waals surface area (Å²) in [6.07, 6.45) is 2.05. The van der Waals surface area contributed by atoms with E-state index in [1.165, 1.54) is 10.8 Å². The van der Waals surface area contributed by atoms with Crippen LogP contribution in [0.15, 0.2) is 72.5 Å². The van der Waals surface area contributed by atoms with Gasteiger partial charge >= 0.3 is 0 Å². The molecule has 0 atom stereocenters. The predicted octanol–water partition coefficient (Wildman–Crippen LogP) is 4.65. The van der Waals surface area contributed by atoms with Crippen LogP contribution in [0.5, 0.6) is 11.5 Å². The van der Waals surface area contributed by atoms with Crippen molar-refractivity contribution in [3.8, 4) is 11.5 Å². The third kappa shape index (κ3) is 2.25. The highest BCUT2D eigenvalue weighted by molar-refractivity contribution is 5.90. The van der Waals surface area contributed by atoms with Crippen LogP contribution in [-0.2, 0) is 0 Å². The lowest BCUT2D eigenvalue weighted by Gasteiger charge is -2.20. The van der Waals surface area contributed by atoms with Crippen molar-refractivity contribution in [2.75, 3.05) is 6.61 Å². The number of hydrogen-bond donors (Lipinski definition) is 0. The number of fused-ring (bicyclic) bond motifs is 2. The first-order valence-electron chi connectivity index (χ1n) is 6.98. The molecule has 0 spiro atoms. The molecule has 0 saturated carbocycles. The van der Waals surface area contributed by atoms with Gasteiger partial charge in [0.1, 0.15) is 12.4 Å². The fourth-order valence-corrected chi connectivity index (χ4v) is 2.59. The molecule has 0 saturated heterocycles. The second-order valence-corrected chi connectivity index (χ2v) is 5.02. The van der Waals surface area contributed by atoms with Crippen molar-refractivity contribution < 1.29 is 9.47 Å². The Balaban J connectivity index is 1.75. The van der Waals surface area contributed by atoms with Crippen LogP contribution in [0.2, 0.25) is 0 Å². The molecule has 1 aliphatic heterocycles. The number of rotatable bonds is 1. The number of para-hydroxylation sites is 2. The molecular weight excluding hydrogens is 260 g/mol. The predicted molar refractivity (Wildman–Crippen MR) is 84.5 cm³/mol. The molecule has 21 heavy (non-hydrogen) atoms. The Morgan fingerprint density at radius 3 is 2.48 bits per heavy atom. The molecule has 0 N–H and O–H groups in total. The second-order valence-electron chi connectivity index (χ2n) is 5.02. The summed E-state index contributed by atoms with van der Waals surface area (Å²) in [6.45, 7) is 0.459. The molecule has 2 nitrogen and oxygen atoms in total. The minimum atomic E-state index is 0.459. The van der Waals surface area contributed by atoms with Crippen LogP contribution in [0, 0.1) is 0 Å². The van der Waals surface area contributed by atoms with Crippen molar-refractivity contribution in [3.05, 3.63) is 78.1 Å². The van der Waals surface area contributed by atoms with Crippen molar-refractivity contribution in [2.45, 2.75) is 0 Å². The van der Waals surface area contributed by atoms with Crippen LogP contribution in [0.4, 0.5) is 0 Å². The van der Waals surface area contributed by atoms with Gasteiger partial charge in [0.05, 0.1) is 0 Å². The van der Waals surface area contributed by atoms with Gasteiger partial charge in [-0.2, -0.15) is 0 Å². The fourth-order valence-electron chi connectivity index (χ4n) is 2.59. The molecule has 1 aliphatic rings. The lowest BCUT2D eigenvalue weighted by molar-refractivity contribution is 0.235. The lowest BCUT2D eigenvalue weighted by atomic mass is 10.0. The van der Waals surface area contributed by atoms with E-state index in [9.17, 15) is 0 Å². The zero-order valence-electron chi connectivity index (χ0n) is 11.5. The van der Waals surface area contributed by atoms with E-state index in [1.54, 1.807) is 0 Å². The van der Waals surface area contributed by atoms with Crippen LogP contribution in [0.25, 0.3) is 16.8 Å². The first-order chi connectivity index (χ1) is 10.4. The van der Waals surface area contributed by atoms with Crippen LogP contribution in [0.1, 0.15) is 5.56 Å². The van der Waals surface area contributed by atoms with Gasteiger partial charge in [-0.15, -0.1) is 0 Å². The van der Waals surface area contributed by atoms with Gasteiger partial charge in [0.2, 0.25) is 0 Å². The normalized spacial score (nSPS) is 15.3. The topological polar surface area (TPSA) is 18.5 Å². The molecule has 0 aliphatic carbocycles. The highest BCUT2D eigenvalue weighted by atomic mass is 16.6. The SMILES string of the molecule is C(=C1\COc2ccccc2O1)/c1cccc2ccccc12. The standard InChI is InChI=1S/C19H14O2/c1-2-9-17-14(6-1)7-5-8-15(17)12-16-13-20-18-10-3-4-11-19(18)21-16/h1-12H,13H2/b16-12-. The smallest absolute Gasteiger partial charge is 0.169 e. The average Bonchev–Trinajstić information content (AvgIpc) is 2.55. The summed E-state index contributed by atoms with van der Waals surface area (Å²) in [5, 5.41) is 2.44. The maximum absolute atomic E-state index is 5.92. The van der Waals surface area contributed by atoms with Gasteiger partial charge in [-0.3, -0.25) is 0 Å². The Kier molecular flexibility index (Phi) is 2.86. The van der Waals surface area contributed by atoms with Gasteiger partial charge in [-0.25, -0.2) is 0 Å². The minimum Gasteiger partial charge on any atom is -0.482 e. The summed E-state index contributed by atoms with van der Waals surface area (Å²) in [5.74, 6) is 2.40. The van der Waals surface area contributed by atoms with E-state index in [2.05, 4.69) is 48.5 Å². The summed E-state index contributed by atoms with van der Waals surface area (Å²) in [7, 11) is 0. The first kappa shape index (κ1) is 12.0. The van der Waals surface area contributed by atoms with Gasteiger partial charge in [0, 0.05) is 0 Å². The van der Waals surface area contributed by atoms with Gasteiger partial charge in [0.15, 0.2) is 11.5 Å². The zero-order chi connectivity index (χ0) is 14.1. The quantitative estimate of drug-likeness (QED) is 0.643. The van der Waals surface area contributed by atoms with Gasteiger partial charge < -0.3 is 9.47 Å². The van der Waals surface area contributed by atoms with Crippen LogP contribution in [-0.4, -0.2) is 6.61 Å². The van der Waals surface area contributed by atoms with Crippen LogP contribution >= 0.6 is 0 Å². The van der Waals surface area contributed by atoms with Gasteiger partial charge in [-0.05, 0) is 34.5 Å². The van der Waals surface area contributed by atoms with Crippen molar-refractivity contribution in [3.63, 3.8) is 0 Å². The lowest BCUT2D eigenvalue weighted by Crippen LogP contribution is -2.13. The van der Waals surface area contributed by atoms with Gasteiger partial charge in [0.25, 0.3) is 0 Å². The molecule has 0 bridgehead atoms. The summed E-state index contributed by atoms with van der Waals surface area (Å²) < 4.78 is 11.6. The van der Waals surface area contributed by atoms with E-state index in [0.29, 0.717) is 6.61 Å². The highest BCUT2D eigenvalue weighted by Gasteiger charge is 2.14. The Morgan fingerprint density at radius 1 is 0.762 bits per heavy atom. The van der Waals surface area contributed by atoms with E-state index >= 15 is 0 Å². The van der Waals surface area contributed by atoms with E-state index in [1.807, 2.05) is 24.3 Å². The summed E-state index contributed by atoms with van der Waals surface area (Å²) in [6, 6.07) is 22.4. The largest absolute Gasteiger partial charge is 0.482 e. The fraction of sp³-hybridized carbons (Fsp3) is 0.0526. The Morgan fingerprint density at radius 2 is 1.52 bits per heavy atom. The monoisotopic (exact) mass is 274 g/mol. The first-order valence-corrected chi connectivity index (χ1v) is 6.98. The summed E-state index contributed by atoms with van der Waals surface area (Å²) >= 11 is 0. The van der Waals surface area contributed by atoms with Crippen molar-refractivity contribution in [1.29, 1.82) is 0 Å². The second kappa shape index (κ2) is 4.98. The number of ether oxygens (including phenoxy) is 2. The van der Waals surface area contributed by atoms with E-state index < -0.39 is 0 Å². The van der Waals surface area contributed by atoms with Crippen molar-refractivity contribution >= 4 is 16.8 Å². The molecular formula is C19H14O2. The molecule has 0 unspecified atom stereocenters. The minimum absolute atomic E-state index is 0.459. The average molecular weight is 274 g/mol. The maximum Gasteiger partial charge on any atom is 0.169 e. The highest BCUT2D eigenvalue weighted by Crippen LogP contribution is 2.33. The maximum atomic E-state index is 5.92. The molecule has 102 valence electrons. The Bertz CT molecular complexity index is 828. The zero-order valence-corrected chi connectivity index (χ0v) is 11.5. The molecule has 1 heterocycles. The van der Waals surface area contributed by atoms with Crippen LogP contribution < -0.4 is 9.47 Å². The Hall–Kier alpha value is -2.74. The van der Waals surface area contributed by atoms with E-state index in [-0.39, 0.29) is 0 Å². The molecule has 4 rings (SSSR count). The number of benzene rings is 3. The molecule has 3 aromatic carbocycles. The molecule has 0 fully saturated rings. The summed E-state index contributed by atoms with van der Waals surface area (Å²) in [5.41, 5.74) is 1.14.